The maximum Gasteiger partial charge on any atom is 0.325 e. The number of rotatable bonds is 8. The van der Waals surface area contributed by atoms with Gasteiger partial charge in [0.05, 0.1) is 17.5 Å². The Morgan fingerprint density at radius 3 is 2.22 bits per heavy atom. The molecular weight excluding hydrogens is 632 g/mol. The van der Waals surface area contributed by atoms with Gasteiger partial charge in [-0.15, -0.1) is 0 Å². The zero-order valence-electron chi connectivity index (χ0n) is 32.3. The van der Waals surface area contributed by atoms with Crippen LogP contribution in [0.2, 0.25) is 0 Å². The summed E-state index contributed by atoms with van der Waals surface area (Å²) < 4.78 is 9.40. The molecule has 9 nitrogen and oxygen atoms in total. The van der Waals surface area contributed by atoms with Crippen molar-refractivity contribution in [2.24, 2.45) is 57.8 Å². The molecule has 278 valence electrons. The second kappa shape index (κ2) is 11.8. The molecule has 8 atom stereocenters. The van der Waals surface area contributed by atoms with Gasteiger partial charge in [-0.05, 0) is 118 Å². The number of aliphatic carboxylic acids is 2. The number of ether oxygens (including phenoxy) is 1. The van der Waals surface area contributed by atoms with E-state index in [0.29, 0.717) is 23.7 Å². The van der Waals surface area contributed by atoms with Crippen LogP contribution in [0.3, 0.4) is 0 Å². The third kappa shape index (κ3) is 5.12. The van der Waals surface area contributed by atoms with Gasteiger partial charge in [0.2, 0.25) is 0 Å². The highest BCUT2D eigenvalue weighted by Crippen LogP contribution is 2.77. The van der Waals surface area contributed by atoms with E-state index >= 15 is 0 Å². The molecule has 0 amide bonds. The van der Waals surface area contributed by atoms with E-state index in [1.807, 2.05) is 11.7 Å². The largest absolute Gasteiger partial charge is 0.481 e. The summed E-state index contributed by atoms with van der Waals surface area (Å²) in [6.07, 6.45) is 9.89. The molecule has 50 heavy (non-hydrogen) atoms. The first-order valence-corrected chi connectivity index (χ1v) is 19.2. The van der Waals surface area contributed by atoms with Crippen molar-refractivity contribution in [2.75, 3.05) is 0 Å². The summed E-state index contributed by atoms with van der Waals surface area (Å²) >= 11 is 0. The Bertz CT molecular complexity index is 1680. The van der Waals surface area contributed by atoms with Crippen molar-refractivity contribution in [3.8, 4) is 0 Å². The summed E-state index contributed by atoms with van der Waals surface area (Å²) in [7, 11) is 1.87. The highest BCUT2D eigenvalue weighted by Gasteiger charge is 2.70. The van der Waals surface area contributed by atoms with Crippen LogP contribution in [0.15, 0.2) is 22.0 Å². The molecule has 1 heterocycles. The average molecular weight is 695 g/mol. The molecule has 0 radical (unpaired) electrons. The Hall–Kier alpha value is -2.84. The standard InChI is InChI=1S/C41H62N2O7/c1-24(2)25-13-18-41(29-21-31(44)43(42(29)10)23-32(45)46)20-19-39(8)26(34(25)41)11-12-28-38(7)16-15-30(50-33(47)22-36(3,4)35(48)49)37(5,6)27(38)14-17-40(28,39)9/h21,24,26-28,30H,11-20,22-23H2,1-10H3,(H,45,46)(H,48,49)/t26?,27-,28+,30-,38?,39+,40?,41+/m0/s1. The SMILES string of the molecule is CC(C)C1=C2C3CC[C@@H]4C5(C)CC[C@H](OC(=O)CC(C)(C)C(=O)O)C(C)(C)[C@@H]5CCC4(C)[C@]3(C)CC[C@@]2(c2cc(=O)n(CC(=O)O)n2C)CC1. The molecule has 0 aromatic carbocycles. The summed E-state index contributed by atoms with van der Waals surface area (Å²) in [5.41, 5.74) is 2.50. The van der Waals surface area contributed by atoms with Gasteiger partial charge >= 0.3 is 17.9 Å². The van der Waals surface area contributed by atoms with Gasteiger partial charge in [-0.3, -0.25) is 23.9 Å². The summed E-state index contributed by atoms with van der Waals surface area (Å²) in [6, 6.07) is 1.74. The fraction of sp³-hybridized carbons (Fsp3) is 0.805. The number of carboxylic acids is 2. The van der Waals surface area contributed by atoms with E-state index < -0.39 is 23.3 Å². The van der Waals surface area contributed by atoms with Crippen molar-refractivity contribution < 1.29 is 29.3 Å². The van der Waals surface area contributed by atoms with Gasteiger partial charge in [-0.25, -0.2) is 4.68 Å². The Morgan fingerprint density at radius 2 is 1.60 bits per heavy atom. The summed E-state index contributed by atoms with van der Waals surface area (Å²) in [6.45, 7) is 19.7. The number of esters is 1. The molecule has 4 fully saturated rings. The third-order valence-corrected chi connectivity index (χ3v) is 16.0. The van der Waals surface area contributed by atoms with Crippen LogP contribution < -0.4 is 5.56 Å². The van der Waals surface area contributed by atoms with Crippen molar-refractivity contribution in [3.05, 3.63) is 33.3 Å². The highest BCUT2D eigenvalue weighted by molar-refractivity contribution is 5.81. The number of nitrogens with zero attached hydrogens (tertiary/aromatic N) is 2. The molecule has 5 aliphatic rings. The predicted octanol–water partition coefficient (Wildman–Crippen LogP) is 7.74. The van der Waals surface area contributed by atoms with Gasteiger partial charge < -0.3 is 14.9 Å². The number of aromatic nitrogens is 2. The van der Waals surface area contributed by atoms with Crippen LogP contribution in [-0.2, 0) is 38.1 Å². The monoisotopic (exact) mass is 694 g/mol. The molecular formula is C41H62N2O7. The molecule has 0 bridgehead atoms. The Balaban J connectivity index is 1.33. The number of hydrogen-bond acceptors (Lipinski definition) is 5. The molecule has 1 aromatic rings. The Kier molecular flexibility index (Phi) is 8.75. The molecule has 0 saturated heterocycles. The maximum absolute atomic E-state index is 13.2. The van der Waals surface area contributed by atoms with Crippen LogP contribution in [-0.4, -0.2) is 43.6 Å². The topological polar surface area (TPSA) is 128 Å². The van der Waals surface area contributed by atoms with Crippen molar-refractivity contribution in [3.63, 3.8) is 0 Å². The predicted molar refractivity (Wildman–Crippen MR) is 192 cm³/mol. The third-order valence-electron chi connectivity index (χ3n) is 16.0. The minimum Gasteiger partial charge on any atom is -0.481 e. The molecule has 5 aliphatic carbocycles. The summed E-state index contributed by atoms with van der Waals surface area (Å²) in [5, 5.41) is 19.2. The fourth-order valence-electron chi connectivity index (χ4n) is 13.2. The molecule has 4 saturated carbocycles. The molecule has 2 N–H and O–H groups in total. The zero-order chi connectivity index (χ0) is 37.0. The van der Waals surface area contributed by atoms with E-state index in [1.165, 1.54) is 4.68 Å². The lowest BCUT2D eigenvalue weighted by Gasteiger charge is -2.72. The second-order valence-corrected chi connectivity index (χ2v) is 19.3. The van der Waals surface area contributed by atoms with E-state index in [0.717, 1.165) is 69.9 Å². The first-order chi connectivity index (χ1) is 23.1. The molecule has 3 unspecified atom stereocenters. The molecule has 0 aliphatic heterocycles. The van der Waals surface area contributed by atoms with Crippen molar-refractivity contribution in [1.82, 2.24) is 9.36 Å². The number of carbonyl (C=O) groups is 3. The van der Waals surface area contributed by atoms with Gasteiger partial charge in [0.1, 0.15) is 12.6 Å². The lowest BCUT2D eigenvalue weighted by atomic mass is 9.33. The quantitative estimate of drug-likeness (QED) is 0.211. The van der Waals surface area contributed by atoms with Crippen molar-refractivity contribution in [2.45, 2.75) is 151 Å². The molecule has 9 heteroatoms. The van der Waals surface area contributed by atoms with Crippen LogP contribution in [0.5, 0.6) is 0 Å². The second-order valence-electron chi connectivity index (χ2n) is 19.3. The first-order valence-electron chi connectivity index (χ1n) is 19.2. The number of carboxylic acid groups (broad SMARTS) is 2. The van der Waals surface area contributed by atoms with E-state index in [4.69, 9.17) is 4.74 Å². The smallest absolute Gasteiger partial charge is 0.325 e. The van der Waals surface area contributed by atoms with Gasteiger partial charge in [-0.2, -0.15) is 0 Å². The van der Waals surface area contributed by atoms with Gasteiger partial charge in [0, 0.05) is 23.9 Å². The van der Waals surface area contributed by atoms with E-state index in [2.05, 4.69) is 48.5 Å². The summed E-state index contributed by atoms with van der Waals surface area (Å²) in [5.74, 6) is -0.698. The van der Waals surface area contributed by atoms with E-state index in [1.54, 1.807) is 31.1 Å². The molecule has 1 aromatic heterocycles. The van der Waals surface area contributed by atoms with Crippen molar-refractivity contribution >= 4 is 17.9 Å². The minimum absolute atomic E-state index is 0.0750. The molecule has 6 rings (SSSR count). The minimum atomic E-state index is -1.16. The Labute approximate surface area is 298 Å². The maximum atomic E-state index is 13.2. The zero-order valence-corrected chi connectivity index (χ0v) is 32.3. The van der Waals surface area contributed by atoms with Crippen LogP contribution in [0, 0.1) is 50.7 Å². The lowest BCUT2D eigenvalue weighted by Crippen LogP contribution is -2.66. The van der Waals surface area contributed by atoms with Crippen molar-refractivity contribution in [1.29, 1.82) is 0 Å². The summed E-state index contributed by atoms with van der Waals surface area (Å²) in [4.78, 5) is 49.7. The Morgan fingerprint density at radius 1 is 0.920 bits per heavy atom. The first kappa shape index (κ1) is 36.9. The normalized spacial score (nSPS) is 37.8. The number of carbonyl (C=O) groups excluding carboxylic acids is 1. The van der Waals surface area contributed by atoms with Gasteiger partial charge in [0.15, 0.2) is 0 Å². The van der Waals surface area contributed by atoms with E-state index in [-0.39, 0.29) is 51.7 Å². The van der Waals surface area contributed by atoms with Crippen LogP contribution in [0.4, 0.5) is 0 Å². The van der Waals surface area contributed by atoms with Gasteiger partial charge in [-0.1, -0.05) is 59.6 Å². The lowest BCUT2D eigenvalue weighted by molar-refractivity contribution is -0.232. The van der Waals surface area contributed by atoms with Crippen LogP contribution in [0.1, 0.15) is 139 Å². The number of fused-ring (bicyclic) bond motifs is 7. The fourth-order valence-corrected chi connectivity index (χ4v) is 13.2. The average Bonchev–Trinajstić information content (AvgIpc) is 3.53. The molecule has 0 spiro atoms. The van der Waals surface area contributed by atoms with Crippen LogP contribution in [0.25, 0.3) is 0 Å². The number of hydrogen-bond donors (Lipinski definition) is 2. The van der Waals surface area contributed by atoms with Gasteiger partial charge in [0.25, 0.3) is 5.56 Å². The van der Waals surface area contributed by atoms with Crippen LogP contribution >= 0.6 is 0 Å². The number of allylic oxidation sites excluding steroid dienone is 2. The highest BCUT2D eigenvalue weighted by atomic mass is 16.5. The van der Waals surface area contributed by atoms with E-state index in [9.17, 15) is 29.4 Å².